The highest BCUT2D eigenvalue weighted by Gasteiger charge is 2.22. The number of nitrogens with one attached hydrogen (secondary N) is 1. The lowest BCUT2D eigenvalue weighted by Gasteiger charge is -2.24. The third-order valence-electron chi connectivity index (χ3n) is 3.41. The SMILES string of the molecule is CC(O)(CNCc1ccc(OC(F)F)c(F)c1)c1ccccc1. The summed E-state index contributed by atoms with van der Waals surface area (Å²) in [5, 5.41) is 13.4. The van der Waals surface area contributed by atoms with Gasteiger partial charge >= 0.3 is 6.61 Å². The Morgan fingerprint density at radius 1 is 1.17 bits per heavy atom. The zero-order valence-electron chi connectivity index (χ0n) is 12.6. The van der Waals surface area contributed by atoms with Gasteiger partial charge in [0.2, 0.25) is 0 Å². The fraction of sp³-hybridized carbons (Fsp3) is 0.294. The van der Waals surface area contributed by atoms with Crippen LogP contribution in [0.1, 0.15) is 18.1 Å². The molecule has 0 spiro atoms. The topological polar surface area (TPSA) is 41.5 Å². The summed E-state index contributed by atoms with van der Waals surface area (Å²) in [5.41, 5.74) is 0.255. The van der Waals surface area contributed by atoms with E-state index in [1.165, 1.54) is 6.07 Å². The highest BCUT2D eigenvalue weighted by molar-refractivity contribution is 5.29. The van der Waals surface area contributed by atoms with Crippen molar-refractivity contribution in [1.82, 2.24) is 5.32 Å². The maximum Gasteiger partial charge on any atom is 0.387 e. The third-order valence-corrected chi connectivity index (χ3v) is 3.41. The number of rotatable bonds is 7. The molecule has 1 atom stereocenters. The number of alkyl halides is 2. The molecule has 2 rings (SSSR count). The van der Waals surface area contributed by atoms with Crippen molar-refractivity contribution < 1.29 is 23.0 Å². The van der Waals surface area contributed by atoms with Crippen molar-refractivity contribution in [1.29, 1.82) is 0 Å². The van der Waals surface area contributed by atoms with Gasteiger partial charge in [-0.15, -0.1) is 0 Å². The van der Waals surface area contributed by atoms with Crippen molar-refractivity contribution in [3.05, 3.63) is 65.5 Å². The van der Waals surface area contributed by atoms with E-state index in [-0.39, 0.29) is 13.1 Å². The molecule has 0 saturated carbocycles. The molecule has 0 heterocycles. The lowest BCUT2D eigenvalue weighted by molar-refractivity contribution is -0.0522. The van der Waals surface area contributed by atoms with Crippen molar-refractivity contribution in [2.45, 2.75) is 25.7 Å². The maximum absolute atomic E-state index is 13.6. The van der Waals surface area contributed by atoms with Gasteiger partial charge in [-0.25, -0.2) is 4.39 Å². The van der Waals surface area contributed by atoms with Gasteiger partial charge in [-0.05, 0) is 30.2 Å². The molecular weight excluding hydrogens is 307 g/mol. The summed E-state index contributed by atoms with van der Waals surface area (Å²) in [5.74, 6) is -1.33. The van der Waals surface area contributed by atoms with Crippen molar-refractivity contribution >= 4 is 0 Å². The van der Waals surface area contributed by atoms with Gasteiger partial charge in [0.25, 0.3) is 0 Å². The zero-order chi connectivity index (χ0) is 16.9. The fourth-order valence-electron chi connectivity index (χ4n) is 2.20. The van der Waals surface area contributed by atoms with Crippen LogP contribution in [0.15, 0.2) is 48.5 Å². The predicted octanol–water partition coefficient (Wildman–Crippen LogP) is 3.42. The Bertz CT molecular complexity index is 633. The Morgan fingerprint density at radius 2 is 1.87 bits per heavy atom. The number of hydrogen-bond acceptors (Lipinski definition) is 3. The molecule has 124 valence electrons. The molecule has 0 radical (unpaired) electrons. The van der Waals surface area contributed by atoms with Gasteiger partial charge in [-0.3, -0.25) is 0 Å². The summed E-state index contributed by atoms with van der Waals surface area (Å²) in [6, 6.07) is 12.9. The van der Waals surface area contributed by atoms with Gasteiger partial charge in [0, 0.05) is 13.1 Å². The molecule has 0 saturated heterocycles. The first-order valence-electron chi connectivity index (χ1n) is 7.10. The number of aliphatic hydroxyl groups is 1. The lowest BCUT2D eigenvalue weighted by atomic mass is 9.96. The van der Waals surface area contributed by atoms with Crippen LogP contribution in [0.3, 0.4) is 0 Å². The number of ether oxygens (including phenoxy) is 1. The molecule has 0 aliphatic carbocycles. The highest BCUT2D eigenvalue weighted by Crippen LogP contribution is 2.21. The van der Waals surface area contributed by atoms with Gasteiger partial charge in [-0.1, -0.05) is 36.4 Å². The summed E-state index contributed by atoms with van der Waals surface area (Å²) in [7, 11) is 0. The van der Waals surface area contributed by atoms with Gasteiger partial charge in [0.1, 0.15) is 0 Å². The molecular formula is C17H18F3NO2. The van der Waals surface area contributed by atoms with Crippen molar-refractivity contribution in [2.75, 3.05) is 6.54 Å². The van der Waals surface area contributed by atoms with Gasteiger partial charge in [0.05, 0.1) is 5.60 Å². The van der Waals surface area contributed by atoms with Crippen molar-refractivity contribution in [3.8, 4) is 5.75 Å². The highest BCUT2D eigenvalue weighted by atomic mass is 19.3. The second kappa shape index (κ2) is 7.48. The Hall–Kier alpha value is -2.05. The predicted molar refractivity (Wildman–Crippen MR) is 80.8 cm³/mol. The lowest BCUT2D eigenvalue weighted by Crippen LogP contribution is -2.35. The van der Waals surface area contributed by atoms with Crippen LogP contribution in [0.5, 0.6) is 5.75 Å². The van der Waals surface area contributed by atoms with E-state index < -0.39 is 23.8 Å². The average molecular weight is 325 g/mol. The van der Waals surface area contributed by atoms with Gasteiger partial charge < -0.3 is 15.2 Å². The van der Waals surface area contributed by atoms with E-state index in [2.05, 4.69) is 10.1 Å². The number of benzene rings is 2. The first kappa shape index (κ1) is 17.3. The quantitative estimate of drug-likeness (QED) is 0.819. The standard InChI is InChI=1S/C17H18F3NO2/c1-17(22,13-5-3-2-4-6-13)11-21-10-12-7-8-15(14(18)9-12)23-16(19)20/h2-9,16,21-22H,10-11H2,1H3. The molecule has 0 aromatic heterocycles. The summed E-state index contributed by atoms with van der Waals surface area (Å²) in [4.78, 5) is 0. The molecule has 1 unspecified atom stereocenters. The minimum Gasteiger partial charge on any atom is -0.432 e. The minimum absolute atomic E-state index is 0.258. The van der Waals surface area contributed by atoms with Gasteiger partial charge in [-0.2, -0.15) is 8.78 Å². The van der Waals surface area contributed by atoms with E-state index in [4.69, 9.17) is 0 Å². The second-order valence-corrected chi connectivity index (χ2v) is 5.39. The molecule has 0 aliphatic heterocycles. The van der Waals surface area contributed by atoms with Crippen molar-refractivity contribution in [3.63, 3.8) is 0 Å². The Morgan fingerprint density at radius 3 is 2.48 bits per heavy atom. The first-order chi connectivity index (χ1) is 10.9. The van der Waals surface area contributed by atoms with Crippen LogP contribution in [0.2, 0.25) is 0 Å². The Balaban J connectivity index is 1.92. The van der Waals surface area contributed by atoms with E-state index in [0.717, 1.165) is 17.7 Å². The second-order valence-electron chi connectivity index (χ2n) is 5.39. The summed E-state index contributed by atoms with van der Waals surface area (Å²) < 4.78 is 41.8. The third kappa shape index (κ3) is 4.97. The van der Waals surface area contributed by atoms with Crippen LogP contribution < -0.4 is 10.1 Å². The minimum atomic E-state index is -3.06. The van der Waals surface area contributed by atoms with E-state index in [1.54, 1.807) is 6.92 Å². The van der Waals surface area contributed by atoms with Crippen molar-refractivity contribution in [2.24, 2.45) is 0 Å². The average Bonchev–Trinajstić information content (AvgIpc) is 2.50. The molecule has 0 amide bonds. The summed E-state index contributed by atoms with van der Waals surface area (Å²) in [6.45, 7) is -0.840. The molecule has 2 aromatic rings. The monoisotopic (exact) mass is 325 g/mol. The molecule has 2 N–H and O–H groups in total. The molecule has 2 aromatic carbocycles. The fourth-order valence-corrected chi connectivity index (χ4v) is 2.20. The van der Waals surface area contributed by atoms with E-state index in [1.807, 2.05) is 30.3 Å². The Kier molecular flexibility index (Phi) is 5.63. The smallest absolute Gasteiger partial charge is 0.387 e. The molecule has 0 fully saturated rings. The molecule has 3 nitrogen and oxygen atoms in total. The number of halogens is 3. The largest absolute Gasteiger partial charge is 0.432 e. The van der Waals surface area contributed by atoms with E-state index in [0.29, 0.717) is 5.56 Å². The Labute approximate surface area is 132 Å². The van der Waals surface area contributed by atoms with Crippen LogP contribution in [0.25, 0.3) is 0 Å². The normalized spacial score (nSPS) is 13.8. The molecule has 23 heavy (non-hydrogen) atoms. The maximum atomic E-state index is 13.6. The summed E-state index contributed by atoms with van der Waals surface area (Å²) >= 11 is 0. The van der Waals surface area contributed by atoms with Crippen LogP contribution >= 0.6 is 0 Å². The first-order valence-corrected chi connectivity index (χ1v) is 7.10. The molecule has 6 heteroatoms. The van der Waals surface area contributed by atoms with Crippen LogP contribution in [0.4, 0.5) is 13.2 Å². The van der Waals surface area contributed by atoms with Crippen LogP contribution in [-0.2, 0) is 12.1 Å². The molecule has 0 bridgehead atoms. The summed E-state index contributed by atoms with van der Waals surface area (Å²) in [6.07, 6.45) is 0. The molecule has 0 aliphatic rings. The van der Waals surface area contributed by atoms with E-state index >= 15 is 0 Å². The number of hydrogen-bond donors (Lipinski definition) is 2. The van der Waals surface area contributed by atoms with E-state index in [9.17, 15) is 18.3 Å². The zero-order valence-corrected chi connectivity index (χ0v) is 12.6. The van der Waals surface area contributed by atoms with Crippen LogP contribution in [-0.4, -0.2) is 18.3 Å². The van der Waals surface area contributed by atoms with Crippen LogP contribution in [0, 0.1) is 5.82 Å². The van der Waals surface area contributed by atoms with Gasteiger partial charge in [0.15, 0.2) is 11.6 Å².